The molecule has 1 saturated heterocycles. The van der Waals surface area contributed by atoms with E-state index in [9.17, 15) is 4.79 Å². The number of nitrogens with zero attached hydrogens (tertiary/aromatic N) is 1. The van der Waals surface area contributed by atoms with E-state index in [1.54, 1.807) is 0 Å². The third kappa shape index (κ3) is 7.14. The summed E-state index contributed by atoms with van der Waals surface area (Å²) in [6.45, 7) is 10.6. The van der Waals surface area contributed by atoms with Crippen LogP contribution in [0.1, 0.15) is 52.9 Å². The van der Waals surface area contributed by atoms with E-state index in [2.05, 4.69) is 22.5 Å². The molecule has 0 bridgehead atoms. The lowest BCUT2D eigenvalue weighted by Gasteiger charge is -2.30. The van der Waals surface area contributed by atoms with Crippen LogP contribution < -0.4 is 10.6 Å². The zero-order valence-corrected chi connectivity index (χ0v) is 14.0. The molecule has 0 saturated carbocycles. The lowest BCUT2D eigenvalue weighted by Crippen LogP contribution is -2.50. The van der Waals surface area contributed by atoms with Crippen LogP contribution in [0.15, 0.2) is 0 Å². The molecule has 0 spiro atoms. The molecular formula is C16H33N3O2. The summed E-state index contributed by atoms with van der Waals surface area (Å²) in [4.78, 5) is 14.4. The quantitative estimate of drug-likeness (QED) is 0.600. The summed E-state index contributed by atoms with van der Waals surface area (Å²) in [5.41, 5.74) is -0.318. The van der Waals surface area contributed by atoms with Gasteiger partial charge in [-0.2, -0.15) is 0 Å². The van der Waals surface area contributed by atoms with Crippen molar-refractivity contribution in [1.82, 2.24) is 15.5 Å². The van der Waals surface area contributed by atoms with E-state index in [0.717, 1.165) is 25.3 Å². The lowest BCUT2D eigenvalue weighted by atomic mass is 9.95. The Balaban J connectivity index is 2.13. The first-order valence-corrected chi connectivity index (χ1v) is 8.38. The summed E-state index contributed by atoms with van der Waals surface area (Å²) in [7, 11) is 0. The van der Waals surface area contributed by atoms with Crippen LogP contribution in [-0.2, 0) is 0 Å². The smallest absolute Gasteiger partial charge is 0.315 e. The highest BCUT2D eigenvalue weighted by Crippen LogP contribution is 2.16. The van der Waals surface area contributed by atoms with Crippen LogP contribution in [0.5, 0.6) is 0 Å². The Bertz CT molecular complexity index is 304. The first kappa shape index (κ1) is 18.2. The molecule has 2 amide bonds. The monoisotopic (exact) mass is 299 g/mol. The normalized spacial score (nSPS) is 20.0. The maximum Gasteiger partial charge on any atom is 0.315 e. The minimum atomic E-state index is -0.318. The van der Waals surface area contributed by atoms with Crippen molar-refractivity contribution in [3.8, 4) is 0 Å². The highest BCUT2D eigenvalue weighted by atomic mass is 16.3. The summed E-state index contributed by atoms with van der Waals surface area (Å²) >= 11 is 0. The molecule has 1 aliphatic heterocycles. The van der Waals surface area contributed by atoms with Gasteiger partial charge in [0.25, 0.3) is 0 Å². The van der Waals surface area contributed by atoms with Gasteiger partial charge in [-0.3, -0.25) is 0 Å². The number of carbonyl (C=O) groups is 1. The van der Waals surface area contributed by atoms with E-state index in [1.807, 2.05) is 13.8 Å². The van der Waals surface area contributed by atoms with Gasteiger partial charge in [0.05, 0.1) is 0 Å². The van der Waals surface area contributed by atoms with Crippen molar-refractivity contribution in [3.05, 3.63) is 0 Å². The van der Waals surface area contributed by atoms with E-state index >= 15 is 0 Å². The zero-order valence-electron chi connectivity index (χ0n) is 14.0. The van der Waals surface area contributed by atoms with E-state index in [0.29, 0.717) is 13.0 Å². The molecule has 21 heavy (non-hydrogen) atoms. The van der Waals surface area contributed by atoms with Crippen molar-refractivity contribution in [2.75, 3.05) is 32.8 Å². The van der Waals surface area contributed by atoms with Gasteiger partial charge in [0.15, 0.2) is 0 Å². The van der Waals surface area contributed by atoms with Gasteiger partial charge < -0.3 is 20.6 Å². The van der Waals surface area contributed by atoms with Gasteiger partial charge in [-0.05, 0) is 64.6 Å². The number of likely N-dealkylation sites (tertiary alicyclic amines) is 1. The van der Waals surface area contributed by atoms with Gasteiger partial charge in [0.1, 0.15) is 0 Å². The Morgan fingerprint density at radius 2 is 2.05 bits per heavy atom. The predicted octanol–water partition coefficient (Wildman–Crippen LogP) is 1.96. The van der Waals surface area contributed by atoms with Crippen LogP contribution in [0.25, 0.3) is 0 Å². The van der Waals surface area contributed by atoms with Crippen molar-refractivity contribution >= 4 is 6.03 Å². The molecule has 5 nitrogen and oxygen atoms in total. The molecule has 1 rings (SSSR count). The summed E-state index contributed by atoms with van der Waals surface area (Å²) in [5.74, 6) is 0.864. The van der Waals surface area contributed by atoms with Crippen LogP contribution in [0, 0.1) is 5.92 Å². The molecule has 0 aliphatic carbocycles. The molecule has 1 unspecified atom stereocenters. The van der Waals surface area contributed by atoms with Gasteiger partial charge >= 0.3 is 6.03 Å². The van der Waals surface area contributed by atoms with Crippen molar-refractivity contribution < 1.29 is 9.90 Å². The van der Waals surface area contributed by atoms with Crippen LogP contribution >= 0.6 is 0 Å². The fraction of sp³-hybridized carbons (Fsp3) is 0.938. The third-order valence-electron chi connectivity index (χ3n) is 4.67. The average Bonchev–Trinajstić information content (AvgIpc) is 2.45. The minimum absolute atomic E-state index is 0.0952. The maximum atomic E-state index is 11.9. The Morgan fingerprint density at radius 1 is 1.38 bits per heavy atom. The van der Waals surface area contributed by atoms with Gasteiger partial charge in [-0.1, -0.05) is 13.8 Å². The fourth-order valence-electron chi connectivity index (χ4n) is 2.68. The fourth-order valence-corrected chi connectivity index (χ4v) is 2.68. The van der Waals surface area contributed by atoms with E-state index in [1.165, 1.54) is 25.9 Å². The second-order valence-corrected chi connectivity index (χ2v) is 6.65. The van der Waals surface area contributed by atoms with E-state index in [-0.39, 0.29) is 18.2 Å². The van der Waals surface area contributed by atoms with Gasteiger partial charge in [0, 0.05) is 18.7 Å². The van der Waals surface area contributed by atoms with E-state index in [4.69, 9.17) is 5.11 Å². The molecule has 3 N–H and O–H groups in total. The molecule has 0 radical (unpaired) electrons. The highest BCUT2D eigenvalue weighted by molar-refractivity contribution is 5.74. The van der Waals surface area contributed by atoms with Crippen molar-refractivity contribution in [2.24, 2.45) is 5.92 Å². The Kier molecular flexibility index (Phi) is 8.04. The summed E-state index contributed by atoms with van der Waals surface area (Å²) in [5, 5.41) is 14.9. The number of amides is 2. The molecule has 0 aromatic rings. The molecule has 0 aromatic carbocycles. The largest absolute Gasteiger partial charge is 0.396 e. The number of hydrogen-bond acceptors (Lipinski definition) is 3. The molecular weight excluding hydrogens is 266 g/mol. The van der Waals surface area contributed by atoms with Crippen molar-refractivity contribution in [2.45, 2.75) is 58.4 Å². The number of aliphatic hydroxyl groups excluding tert-OH is 1. The first-order valence-electron chi connectivity index (χ1n) is 8.38. The number of urea groups is 1. The highest BCUT2D eigenvalue weighted by Gasteiger charge is 2.23. The summed E-state index contributed by atoms with van der Waals surface area (Å²) < 4.78 is 0. The summed E-state index contributed by atoms with van der Waals surface area (Å²) in [6.07, 6.45) is 4.98. The number of hydrogen-bond donors (Lipinski definition) is 3. The minimum Gasteiger partial charge on any atom is -0.396 e. The van der Waals surface area contributed by atoms with Crippen LogP contribution in [0.4, 0.5) is 4.79 Å². The van der Waals surface area contributed by atoms with Gasteiger partial charge in [-0.15, -0.1) is 0 Å². The predicted molar refractivity (Wildman–Crippen MR) is 86.4 cm³/mol. The van der Waals surface area contributed by atoms with Crippen molar-refractivity contribution in [1.29, 1.82) is 0 Å². The number of aliphatic hydroxyl groups is 1. The molecule has 124 valence electrons. The van der Waals surface area contributed by atoms with Crippen LogP contribution in [0.3, 0.4) is 0 Å². The zero-order chi connectivity index (χ0) is 15.7. The third-order valence-corrected chi connectivity index (χ3v) is 4.67. The number of piperidine rings is 1. The topological polar surface area (TPSA) is 64.6 Å². The molecule has 1 aliphatic rings. The molecule has 1 atom stereocenters. The van der Waals surface area contributed by atoms with Crippen LogP contribution in [0.2, 0.25) is 0 Å². The summed E-state index contributed by atoms with van der Waals surface area (Å²) in [6, 6.07) is -0.125. The second-order valence-electron chi connectivity index (χ2n) is 6.65. The van der Waals surface area contributed by atoms with Crippen molar-refractivity contribution in [3.63, 3.8) is 0 Å². The standard InChI is InChI=1S/C16H33N3O2/c1-4-16(3,8-13-20)18-15(21)17-9-5-10-19-11-6-14(2)7-12-19/h14,20H,4-13H2,1-3H3,(H2,17,18,21). The van der Waals surface area contributed by atoms with Gasteiger partial charge in [0.2, 0.25) is 0 Å². The Labute approximate surface area is 129 Å². The first-order chi connectivity index (χ1) is 9.99. The van der Waals surface area contributed by atoms with E-state index < -0.39 is 0 Å². The molecule has 0 aromatic heterocycles. The second kappa shape index (κ2) is 9.26. The van der Waals surface area contributed by atoms with Crippen LogP contribution in [-0.4, -0.2) is 54.4 Å². The average molecular weight is 299 g/mol. The van der Waals surface area contributed by atoms with Gasteiger partial charge in [-0.25, -0.2) is 4.79 Å². The molecule has 1 heterocycles. The Morgan fingerprint density at radius 3 is 2.62 bits per heavy atom. The molecule has 1 fully saturated rings. The number of rotatable bonds is 8. The SMILES string of the molecule is CCC(C)(CCO)NC(=O)NCCCN1CCC(C)CC1. The number of carbonyl (C=O) groups excluding carboxylic acids is 1. The Hall–Kier alpha value is -0.810. The molecule has 5 heteroatoms. The number of nitrogens with one attached hydrogen (secondary N) is 2. The maximum absolute atomic E-state index is 11.9. The lowest BCUT2D eigenvalue weighted by molar-refractivity contribution is 0.188.